The van der Waals surface area contributed by atoms with Crippen molar-refractivity contribution in [2.75, 3.05) is 0 Å². The average molecular weight is 257 g/mol. The maximum absolute atomic E-state index is 9.58. The smallest absolute Gasteiger partial charge is 0.524 e. The summed E-state index contributed by atoms with van der Waals surface area (Å²) in [5.74, 6) is 0.650. The molecule has 0 aliphatic carbocycles. The first-order chi connectivity index (χ1) is 9.06. The first-order valence-electron chi connectivity index (χ1n) is 5.80. The Morgan fingerprint density at radius 3 is 1.63 bits per heavy atom. The molecule has 0 bridgehead atoms. The largest absolute Gasteiger partial charge is 0.658 e. The number of phenols is 2. The highest BCUT2D eigenvalue weighted by Gasteiger charge is 2.09. The first-order valence-corrected chi connectivity index (χ1v) is 5.80. The molecule has 0 spiro atoms. The van der Waals surface area contributed by atoms with Crippen LogP contribution in [0.4, 0.5) is 0 Å². The van der Waals surface area contributed by atoms with E-state index in [2.05, 4.69) is 0 Å². The number of aromatic hydroxyl groups is 2. The molecule has 0 aliphatic heterocycles. The van der Waals surface area contributed by atoms with Gasteiger partial charge in [-0.05, 0) is 49.2 Å². The van der Waals surface area contributed by atoms with Crippen molar-refractivity contribution >= 4 is 7.69 Å². The van der Waals surface area contributed by atoms with Gasteiger partial charge in [-0.3, -0.25) is 0 Å². The molecule has 0 fully saturated rings. The highest BCUT2D eigenvalue weighted by Crippen LogP contribution is 2.28. The van der Waals surface area contributed by atoms with Gasteiger partial charge >= 0.3 is 7.69 Å². The van der Waals surface area contributed by atoms with Crippen LogP contribution in [-0.4, -0.2) is 17.9 Å². The molecule has 0 saturated carbocycles. The molecule has 0 unspecified atom stereocenters. The summed E-state index contributed by atoms with van der Waals surface area (Å²) in [5.41, 5.74) is 1.92. The molecule has 0 atom stereocenters. The highest BCUT2D eigenvalue weighted by atomic mass is 16.6. The van der Waals surface area contributed by atoms with Gasteiger partial charge < -0.3 is 19.5 Å². The van der Waals surface area contributed by atoms with Crippen molar-refractivity contribution in [1.82, 2.24) is 0 Å². The molecule has 0 amide bonds. The number of aryl methyl sites for hydroxylation is 2. The van der Waals surface area contributed by atoms with Crippen LogP contribution in [0.15, 0.2) is 36.4 Å². The Bertz CT molecular complexity index is 532. The topological polar surface area (TPSA) is 58.9 Å². The van der Waals surface area contributed by atoms with Gasteiger partial charge in [-0.2, -0.15) is 0 Å². The monoisotopic (exact) mass is 257 g/mol. The van der Waals surface area contributed by atoms with Crippen molar-refractivity contribution in [1.29, 1.82) is 0 Å². The van der Waals surface area contributed by atoms with Crippen molar-refractivity contribution in [2.24, 2.45) is 0 Å². The summed E-state index contributed by atoms with van der Waals surface area (Å²) in [4.78, 5) is 0. The van der Waals surface area contributed by atoms with E-state index < -0.39 is 0 Å². The predicted molar refractivity (Wildman–Crippen MR) is 72.7 cm³/mol. The lowest BCUT2D eigenvalue weighted by Gasteiger charge is -2.10. The lowest BCUT2D eigenvalue weighted by molar-refractivity contribution is 0.397. The van der Waals surface area contributed by atoms with Crippen LogP contribution in [0.5, 0.6) is 23.0 Å². The summed E-state index contributed by atoms with van der Waals surface area (Å²) in [6.45, 7) is 3.78. The van der Waals surface area contributed by atoms with Crippen LogP contribution < -0.4 is 9.31 Å². The Morgan fingerprint density at radius 1 is 0.789 bits per heavy atom. The minimum Gasteiger partial charge on any atom is -0.524 e. The molecule has 19 heavy (non-hydrogen) atoms. The number of benzene rings is 2. The minimum absolute atomic E-state index is 0.0268. The fraction of sp³-hybridized carbons (Fsp3) is 0.143. The molecule has 2 aromatic carbocycles. The van der Waals surface area contributed by atoms with Crippen LogP contribution in [0.2, 0.25) is 0 Å². The molecule has 97 valence electrons. The highest BCUT2D eigenvalue weighted by molar-refractivity contribution is 6.21. The molecule has 2 N–H and O–H groups in total. The zero-order valence-electron chi connectivity index (χ0n) is 10.8. The van der Waals surface area contributed by atoms with E-state index in [1.807, 2.05) is 13.8 Å². The van der Waals surface area contributed by atoms with Crippen molar-refractivity contribution in [3.8, 4) is 23.0 Å². The van der Waals surface area contributed by atoms with E-state index in [1.165, 1.54) is 0 Å². The second kappa shape index (κ2) is 5.56. The van der Waals surface area contributed by atoms with Gasteiger partial charge in [0.2, 0.25) is 0 Å². The van der Waals surface area contributed by atoms with Crippen LogP contribution in [0.3, 0.4) is 0 Å². The Hall–Kier alpha value is -2.30. The summed E-state index contributed by atoms with van der Waals surface area (Å²) < 4.78 is 10.4. The van der Waals surface area contributed by atoms with Gasteiger partial charge in [-0.1, -0.05) is 12.1 Å². The molecule has 2 rings (SSSR count). The van der Waals surface area contributed by atoms with Gasteiger partial charge in [-0.15, -0.1) is 0 Å². The summed E-state index contributed by atoms with van der Waals surface area (Å²) >= 11 is 0. The standard InChI is InChI=1S/C14H14BO4/c1-9-3-5-11(16)13(7-9)18-15-19-14-8-10(2)4-6-12(14)17/h3-8,16-17H,1-2H3. The SMILES string of the molecule is Cc1ccc(O)c(O[B]Oc2cc(C)ccc2O)c1. The van der Waals surface area contributed by atoms with Crippen LogP contribution in [0.1, 0.15) is 11.1 Å². The van der Waals surface area contributed by atoms with Crippen LogP contribution >= 0.6 is 0 Å². The lowest BCUT2D eigenvalue weighted by atomic mass is 10.2. The molecular weight excluding hydrogens is 243 g/mol. The molecule has 5 heteroatoms. The normalized spacial score (nSPS) is 10.0. The molecule has 0 aromatic heterocycles. The Morgan fingerprint density at radius 2 is 1.21 bits per heavy atom. The molecular formula is C14H14BO4. The second-order valence-corrected chi connectivity index (χ2v) is 4.27. The molecule has 0 saturated heterocycles. The van der Waals surface area contributed by atoms with E-state index in [9.17, 15) is 10.2 Å². The first kappa shape index (κ1) is 13.1. The Balaban J connectivity index is 2.00. The van der Waals surface area contributed by atoms with E-state index in [1.54, 1.807) is 36.4 Å². The quantitative estimate of drug-likeness (QED) is 0.827. The van der Waals surface area contributed by atoms with Gasteiger partial charge in [-0.25, -0.2) is 0 Å². The maximum Gasteiger partial charge on any atom is 0.658 e. The molecule has 1 radical (unpaired) electrons. The van der Waals surface area contributed by atoms with E-state index in [-0.39, 0.29) is 11.5 Å². The van der Waals surface area contributed by atoms with Crippen molar-refractivity contribution in [2.45, 2.75) is 13.8 Å². The average Bonchev–Trinajstić information content (AvgIpc) is 2.38. The summed E-state index contributed by atoms with van der Waals surface area (Å²) in [5, 5.41) is 19.2. The third kappa shape index (κ3) is 3.34. The molecule has 0 heterocycles. The minimum atomic E-state index is 0.0268. The number of rotatable bonds is 4. The van der Waals surface area contributed by atoms with Crippen LogP contribution in [0.25, 0.3) is 0 Å². The van der Waals surface area contributed by atoms with Crippen molar-refractivity contribution in [3.05, 3.63) is 47.5 Å². The van der Waals surface area contributed by atoms with E-state index in [0.29, 0.717) is 11.5 Å². The second-order valence-electron chi connectivity index (χ2n) is 4.27. The zero-order chi connectivity index (χ0) is 13.8. The lowest BCUT2D eigenvalue weighted by Crippen LogP contribution is -2.11. The third-order valence-corrected chi connectivity index (χ3v) is 2.58. The third-order valence-electron chi connectivity index (χ3n) is 2.58. The zero-order valence-corrected chi connectivity index (χ0v) is 10.8. The van der Waals surface area contributed by atoms with E-state index in [4.69, 9.17) is 9.31 Å². The Kier molecular flexibility index (Phi) is 3.85. The summed E-state index contributed by atoms with van der Waals surface area (Å²) in [6, 6.07) is 10.0. The van der Waals surface area contributed by atoms with Gasteiger partial charge in [0.1, 0.15) is 11.5 Å². The fourth-order valence-electron chi connectivity index (χ4n) is 1.56. The van der Waals surface area contributed by atoms with Crippen LogP contribution in [-0.2, 0) is 0 Å². The molecule has 0 aliphatic rings. The molecule has 4 nitrogen and oxygen atoms in total. The number of phenolic OH excluding ortho intramolecular Hbond substituents is 2. The van der Waals surface area contributed by atoms with E-state index >= 15 is 0 Å². The number of hydrogen-bond donors (Lipinski definition) is 2. The molecule has 2 aromatic rings. The van der Waals surface area contributed by atoms with Crippen LogP contribution in [0, 0.1) is 13.8 Å². The number of hydrogen-bond acceptors (Lipinski definition) is 4. The predicted octanol–water partition coefficient (Wildman–Crippen LogP) is 2.71. The van der Waals surface area contributed by atoms with Gasteiger partial charge in [0, 0.05) is 0 Å². The van der Waals surface area contributed by atoms with E-state index in [0.717, 1.165) is 18.8 Å². The summed E-state index contributed by atoms with van der Waals surface area (Å²) in [7, 11) is 1.07. The maximum atomic E-state index is 9.58. The van der Waals surface area contributed by atoms with Gasteiger partial charge in [0.15, 0.2) is 11.5 Å². The van der Waals surface area contributed by atoms with Crippen molar-refractivity contribution in [3.63, 3.8) is 0 Å². The Labute approximate surface area is 112 Å². The summed E-state index contributed by atoms with van der Waals surface area (Å²) in [6.07, 6.45) is 0. The van der Waals surface area contributed by atoms with Crippen molar-refractivity contribution < 1.29 is 19.5 Å². The van der Waals surface area contributed by atoms with Gasteiger partial charge in [0.05, 0.1) is 0 Å². The van der Waals surface area contributed by atoms with Gasteiger partial charge in [0.25, 0.3) is 0 Å². The fourth-order valence-corrected chi connectivity index (χ4v) is 1.56.